The maximum Gasteiger partial charge on any atom is 0.364 e. The lowest BCUT2D eigenvalue weighted by Crippen LogP contribution is -2.31. The van der Waals surface area contributed by atoms with Crippen LogP contribution in [0.5, 0.6) is 0 Å². The zero-order chi connectivity index (χ0) is 13.3. The molecule has 3 N–H and O–H groups in total. The Labute approximate surface area is 109 Å². The van der Waals surface area contributed by atoms with Gasteiger partial charge in [-0.25, -0.2) is 9.89 Å². The molecule has 7 heteroatoms. The van der Waals surface area contributed by atoms with Gasteiger partial charge >= 0.3 is 5.69 Å². The van der Waals surface area contributed by atoms with Crippen LogP contribution in [0.25, 0.3) is 5.65 Å². The van der Waals surface area contributed by atoms with E-state index in [0.717, 1.165) is 25.7 Å². The molecule has 0 spiro atoms. The highest BCUT2D eigenvalue weighted by atomic mass is 16.3. The van der Waals surface area contributed by atoms with E-state index in [1.54, 1.807) is 12.1 Å². The van der Waals surface area contributed by atoms with Crippen LogP contribution in [0.1, 0.15) is 25.7 Å². The molecule has 2 heterocycles. The Kier molecular flexibility index (Phi) is 2.98. The van der Waals surface area contributed by atoms with Gasteiger partial charge in [-0.1, -0.05) is 12.8 Å². The molecule has 3 rings (SSSR count). The van der Waals surface area contributed by atoms with Crippen molar-refractivity contribution < 1.29 is 5.11 Å². The predicted molar refractivity (Wildman–Crippen MR) is 70.1 cm³/mol. The van der Waals surface area contributed by atoms with E-state index in [-0.39, 0.29) is 17.7 Å². The van der Waals surface area contributed by atoms with Crippen molar-refractivity contribution in [1.29, 1.82) is 0 Å². The van der Waals surface area contributed by atoms with Crippen LogP contribution in [0, 0.1) is 5.41 Å². The fourth-order valence-corrected chi connectivity index (χ4v) is 2.69. The molecule has 1 aliphatic rings. The number of aromatic amines is 1. The summed E-state index contributed by atoms with van der Waals surface area (Å²) in [4.78, 5) is 11.4. The topological polar surface area (TPSA) is 95.3 Å². The number of hydrogen-bond donors (Lipinski definition) is 3. The minimum atomic E-state index is -0.351. The lowest BCUT2D eigenvalue weighted by atomic mass is 9.87. The maximum atomic E-state index is 11.4. The number of aliphatic hydroxyl groups is 1. The minimum absolute atomic E-state index is 0.0437. The molecule has 102 valence electrons. The van der Waals surface area contributed by atoms with Crippen LogP contribution in [0.15, 0.2) is 16.9 Å². The third kappa shape index (κ3) is 2.21. The first-order valence-electron chi connectivity index (χ1n) is 6.52. The van der Waals surface area contributed by atoms with Crippen molar-refractivity contribution in [3.63, 3.8) is 0 Å². The summed E-state index contributed by atoms with van der Waals surface area (Å²) < 4.78 is 1.22. The summed E-state index contributed by atoms with van der Waals surface area (Å²) in [7, 11) is 0. The van der Waals surface area contributed by atoms with Gasteiger partial charge in [-0.3, -0.25) is 0 Å². The van der Waals surface area contributed by atoms with E-state index in [4.69, 9.17) is 0 Å². The number of anilines is 1. The van der Waals surface area contributed by atoms with Gasteiger partial charge in [0.05, 0.1) is 6.61 Å². The van der Waals surface area contributed by atoms with Crippen LogP contribution >= 0.6 is 0 Å². The molecule has 0 atom stereocenters. The quantitative estimate of drug-likeness (QED) is 0.741. The van der Waals surface area contributed by atoms with Gasteiger partial charge in [0.2, 0.25) is 0 Å². The summed E-state index contributed by atoms with van der Waals surface area (Å²) in [5, 5.41) is 23.1. The Balaban J connectivity index is 1.77. The third-order valence-electron chi connectivity index (χ3n) is 3.92. The van der Waals surface area contributed by atoms with Crippen molar-refractivity contribution in [2.45, 2.75) is 25.7 Å². The van der Waals surface area contributed by atoms with E-state index < -0.39 is 0 Å². The van der Waals surface area contributed by atoms with Gasteiger partial charge < -0.3 is 10.4 Å². The molecule has 0 aliphatic heterocycles. The molecular formula is C12H17N5O2. The van der Waals surface area contributed by atoms with Crippen LogP contribution in [0.3, 0.4) is 0 Å². The molecule has 0 aromatic carbocycles. The van der Waals surface area contributed by atoms with Crippen LogP contribution in [-0.4, -0.2) is 38.1 Å². The first-order valence-corrected chi connectivity index (χ1v) is 6.52. The third-order valence-corrected chi connectivity index (χ3v) is 3.92. The summed E-state index contributed by atoms with van der Waals surface area (Å²) in [6, 6.07) is 3.52. The van der Waals surface area contributed by atoms with E-state index in [1.807, 2.05) is 0 Å². The Morgan fingerprint density at radius 1 is 1.42 bits per heavy atom. The largest absolute Gasteiger partial charge is 0.396 e. The van der Waals surface area contributed by atoms with Crippen molar-refractivity contribution in [1.82, 2.24) is 19.8 Å². The van der Waals surface area contributed by atoms with Gasteiger partial charge in [-0.15, -0.1) is 5.10 Å². The predicted octanol–water partition coefficient (Wildman–Crippen LogP) is 0.382. The minimum Gasteiger partial charge on any atom is -0.396 e. The second-order valence-electron chi connectivity index (χ2n) is 5.24. The monoisotopic (exact) mass is 263 g/mol. The maximum absolute atomic E-state index is 11.4. The van der Waals surface area contributed by atoms with Gasteiger partial charge in [0, 0.05) is 12.0 Å². The summed E-state index contributed by atoms with van der Waals surface area (Å²) in [5.74, 6) is 0.621. The summed E-state index contributed by atoms with van der Waals surface area (Å²) in [6.45, 7) is 0.864. The number of rotatable bonds is 4. The molecule has 0 amide bonds. The van der Waals surface area contributed by atoms with Gasteiger partial charge in [-0.05, 0) is 25.0 Å². The Bertz CT molecular complexity index is 626. The molecule has 2 aromatic heterocycles. The van der Waals surface area contributed by atoms with E-state index in [0.29, 0.717) is 18.0 Å². The van der Waals surface area contributed by atoms with Crippen LogP contribution in [0.4, 0.5) is 5.82 Å². The number of aromatic nitrogens is 4. The Morgan fingerprint density at radius 3 is 2.95 bits per heavy atom. The van der Waals surface area contributed by atoms with Crippen LogP contribution in [-0.2, 0) is 0 Å². The van der Waals surface area contributed by atoms with Crippen molar-refractivity contribution >= 4 is 11.5 Å². The van der Waals surface area contributed by atoms with Gasteiger partial charge in [-0.2, -0.15) is 9.61 Å². The number of hydrogen-bond acceptors (Lipinski definition) is 5. The Morgan fingerprint density at radius 2 is 2.21 bits per heavy atom. The number of H-pyrrole nitrogens is 1. The van der Waals surface area contributed by atoms with E-state index in [9.17, 15) is 9.90 Å². The average molecular weight is 263 g/mol. The van der Waals surface area contributed by atoms with Gasteiger partial charge in [0.1, 0.15) is 5.82 Å². The SMILES string of the molecule is O=c1[nH]nc2ccc(NCC3(CO)CCCC3)nn12. The average Bonchev–Trinajstić information content (AvgIpc) is 3.05. The van der Waals surface area contributed by atoms with Crippen molar-refractivity contribution in [2.24, 2.45) is 5.41 Å². The summed E-state index contributed by atoms with van der Waals surface area (Å²) in [5.41, 5.74) is 0.0996. The van der Waals surface area contributed by atoms with Gasteiger partial charge in [0.15, 0.2) is 5.65 Å². The highest BCUT2D eigenvalue weighted by Crippen LogP contribution is 2.37. The molecule has 0 unspecified atom stereocenters. The molecule has 1 saturated carbocycles. The Hall–Kier alpha value is -1.89. The molecule has 0 saturated heterocycles. The lowest BCUT2D eigenvalue weighted by molar-refractivity contribution is 0.142. The van der Waals surface area contributed by atoms with Crippen LogP contribution < -0.4 is 11.0 Å². The molecule has 1 aliphatic carbocycles. The number of fused-ring (bicyclic) bond motifs is 1. The fourth-order valence-electron chi connectivity index (χ4n) is 2.69. The molecule has 0 radical (unpaired) electrons. The van der Waals surface area contributed by atoms with Crippen molar-refractivity contribution in [2.75, 3.05) is 18.5 Å². The fraction of sp³-hybridized carbons (Fsp3) is 0.583. The summed E-state index contributed by atoms with van der Waals surface area (Å²) >= 11 is 0. The number of aliphatic hydroxyl groups excluding tert-OH is 1. The van der Waals surface area contributed by atoms with Gasteiger partial charge in [0.25, 0.3) is 0 Å². The molecule has 2 aromatic rings. The highest BCUT2D eigenvalue weighted by molar-refractivity contribution is 5.43. The molecule has 1 fully saturated rings. The van der Waals surface area contributed by atoms with Crippen molar-refractivity contribution in [3.05, 3.63) is 22.6 Å². The summed E-state index contributed by atoms with van der Waals surface area (Å²) in [6.07, 6.45) is 4.39. The smallest absolute Gasteiger partial charge is 0.364 e. The zero-order valence-electron chi connectivity index (χ0n) is 10.6. The first kappa shape index (κ1) is 12.2. The molecular weight excluding hydrogens is 246 g/mol. The number of nitrogens with one attached hydrogen (secondary N) is 2. The standard InChI is InChI=1S/C12H17N5O2/c18-8-12(5-1-2-6-12)7-13-9-3-4-10-14-15-11(19)17(10)16-9/h3-4,18H,1-2,5-8H2,(H,13,16)(H,15,19). The second-order valence-corrected chi connectivity index (χ2v) is 5.24. The van der Waals surface area contributed by atoms with E-state index in [1.165, 1.54) is 4.52 Å². The van der Waals surface area contributed by atoms with E-state index in [2.05, 4.69) is 20.6 Å². The lowest BCUT2D eigenvalue weighted by Gasteiger charge is -2.26. The highest BCUT2D eigenvalue weighted by Gasteiger charge is 2.32. The molecule has 7 nitrogen and oxygen atoms in total. The molecule has 0 bridgehead atoms. The molecule has 19 heavy (non-hydrogen) atoms. The normalized spacial score (nSPS) is 17.9. The van der Waals surface area contributed by atoms with Crippen LogP contribution in [0.2, 0.25) is 0 Å². The van der Waals surface area contributed by atoms with Crippen molar-refractivity contribution in [3.8, 4) is 0 Å². The van der Waals surface area contributed by atoms with E-state index >= 15 is 0 Å². The zero-order valence-corrected chi connectivity index (χ0v) is 10.6. The number of nitrogens with zero attached hydrogens (tertiary/aromatic N) is 3. The first-order chi connectivity index (χ1) is 9.22. The second kappa shape index (κ2) is 4.65.